The minimum Gasteiger partial charge on any atom is -0.297 e. The van der Waals surface area contributed by atoms with Crippen LogP contribution in [0, 0.1) is 13.8 Å². The SMILES string of the molecule is Cc1cn2c(CN3CCCC(c4cn[nH]c4)C3)c(C)nc2s1. The average molecular weight is 315 g/mol. The van der Waals surface area contributed by atoms with Crippen LogP contribution in [0.5, 0.6) is 0 Å². The summed E-state index contributed by atoms with van der Waals surface area (Å²) in [7, 11) is 0. The zero-order valence-electron chi connectivity index (χ0n) is 13.0. The van der Waals surface area contributed by atoms with Gasteiger partial charge in [-0.25, -0.2) is 4.98 Å². The highest BCUT2D eigenvalue weighted by molar-refractivity contribution is 7.17. The Morgan fingerprint density at radius 3 is 3.14 bits per heavy atom. The summed E-state index contributed by atoms with van der Waals surface area (Å²) in [5.74, 6) is 0.598. The molecule has 1 N–H and O–H groups in total. The zero-order chi connectivity index (χ0) is 15.1. The normalized spacial score (nSPS) is 20.0. The van der Waals surface area contributed by atoms with Crippen molar-refractivity contribution in [3.8, 4) is 0 Å². The Hall–Kier alpha value is -1.66. The Labute approximate surface area is 134 Å². The first kappa shape index (κ1) is 14.0. The van der Waals surface area contributed by atoms with Crippen LogP contribution in [-0.4, -0.2) is 37.6 Å². The maximum absolute atomic E-state index is 4.71. The highest BCUT2D eigenvalue weighted by Crippen LogP contribution is 2.28. The Morgan fingerprint density at radius 1 is 1.41 bits per heavy atom. The van der Waals surface area contributed by atoms with Crippen molar-refractivity contribution in [1.82, 2.24) is 24.5 Å². The van der Waals surface area contributed by atoms with Gasteiger partial charge in [0.1, 0.15) is 0 Å². The van der Waals surface area contributed by atoms with Gasteiger partial charge in [-0.1, -0.05) is 0 Å². The number of imidazole rings is 1. The quantitative estimate of drug-likeness (QED) is 0.808. The van der Waals surface area contributed by atoms with Gasteiger partial charge in [0.15, 0.2) is 4.96 Å². The summed E-state index contributed by atoms with van der Waals surface area (Å²) in [5, 5.41) is 7.04. The molecule has 1 atom stereocenters. The monoisotopic (exact) mass is 315 g/mol. The van der Waals surface area contributed by atoms with Crippen LogP contribution in [0.1, 0.15) is 40.6 Å². The molecule has 1 aliphatic heterocycles. The molecule has 0 aromatic carbocycles. The summed E-state index contributed by atoms with van der Waals surface area (Å²) < 4.78 is 2.27. The molecule has 5 nitrogen and oxygen atoms in total. The first-order valence-electron chi connectivity index (χ1n) is 7.85. The van der Waals surface area contributed by atoms with Gasteiger partial charge in [0, 0.05) is 30.4 Å². The fourth-order valence-electron chi connectivity index (χ4n) is 3.47. The summed E-state index contributed by atoms with van der Waals surface area (Å²) in [4.78, 5) is 9.71. The fourth-order valence-corrected chi connectivity index (χ4v) is 4.36. The predicted octanol–water partition coefficient (Wildman–Crippen LogP) is 3.12. The van der Waals surface area contributed by atoms with Gasteiger partial charge in [-0.3, -0.25) is 14.4 Å². The second-order valence-corrected chi connectivity index (χ2v) is 7.46. The van der Waals surface area contributed by atoms with E-state index in [2.05, 4.69) is 39.5 Å². The molecule has 4 heterocycles. The molecular weight excluding hydrogens is 294 g/mol. The van der Waals surface area contributed by atoms with Gasteiger partial charge in [0.05, 0.1) is 17.6 Å². The molecule has 1 fully saturated rings. The Balaban J connectivity index is 1.55. The summed E-state index contributed by atoms with van der Waals surface area (Å²) in [6.07, 6.45) is 8.73. The standard InChI is InChI=1S/C16H21N5S/c1-11-8-21-15(12(2)19-16(21)22-11)10-20-5-3-4-13(9-20)14-6-17-18-7-14/h6-8,13H,3-5,9-10H2,1-2H3,(H,17,18). The number of nitrogens with one attached hydrogen (secondary N) is 1. The molecule has 1 aliphatic rings. The van der Waals surface area contributed by atoms with E-state index < -0.39 is 0 Å². The summed E-state index contributed by atoms with van der Waals surface area (Å²) >= 11 is 1.77. The molecule has 0 amide bonds. The lowest BCUT2D eigenvalue weighted by Gasteiger charge is -2.32. The number of hydrogen-bond acceptors (Lipinski definition) is 4. The third kappa shape index (κ3) is 2.46. The van der Waals surface area contributed by atoms with Gasteiger partial charge < -0.3 is 0 Å². The number of hydrogen-bond donors (Lipinski definition) is 1. The van der Waals surface area contributed by atoms with Crippen LogP contribution in [0.3, 0.4) is 0 Å². The molecule has 0 radical (unpaired) electrons. The predicted molar refractivity (Wildman–Crippen MR) is 88.4 cm³/mol. The summed E-state index contributed by atoms with van der Waals surface area (Å²) in [6, 6.07) is 0. The zero-order valence-corrected chi connectivity index (χ0v) is 13.9. The third-order valence-corrected chi connectivity index (χ3v) is 5.51. The number of nitrogens with zero attached hydrogens (tertiary/aromatic N) is 4. The van der Waals surface area contributed by atoms with Crippen molar-refractivity contribution >= 4 is 16.3 Å². The van der Waals surface area contributed by atoms with E-state index in [4.69, 9.17) is 4.98 Å². The highest BCUT2D eigenvalue weighted by atomic mass is 32.1. The van der Waals surface area contributed by atoms with Crippen molar-refractivity contribution in [2.45, 2.75) is 39.2 Å². The van der Waals surface area contributed by atoms with Gasteiger partial charge in [0.2, 0.25) is 0 Å². The topological polar surface area (TPSA) is 49.2 Å². The Kier molecular flexibility index (Phi) is 3.50. The molecule has 1 saturated heterocycles. The van der Waals surface area contributed by atoms with Crippen LogP contribution >= 0.6 is 11.3 Å². The van der Waals surface area contributed by atoms with Crippen molar-refractivity contribution in [3.05, 3.63) is 40.4 Å². The number of H-pyrrole nitrogens is 1. The number of thiazole rings is 1. The van der Waals surface area contributed by atoms with Crippen molar-refractivity contribution in [3.63, 3.8) is 0 Å². The molecule has 0 aliphatic carbocycles. The Bertz CT molecular complexity index is 770. The molecular formula is C16H21N5S. The van der Waals surface area contributed by atoms with Crippen LogP contribution < -0.4 is 0 Å². The number of rotatable bonds is 3. The molecule has 4 rings (SSSR count). The lowest BCUT2D eigenvalue weighted by atomic mass is 9.93. The molecule has 22 heavy (non-hydrogen) atoms. The van der Waals surface area contributed by atoms with E-state index in [1.165, 1.54) is 35.5 Å². The van der Waals surface area contributed by atoms with Crippen molar-refractivity contribution in [2.24, 2.45) is 0 Å². The number of fused-ring (bicyclic) bond motifs is 1. The highest BCUT2D eigenvalue weighted by Gasteiger charge is 2.23. The molecule has 116 valence electrons. The van der Waals surface area contributed by atoms with E-state index in [1.54, 1.807) is 11.3 Å². The number of aromatic amines is 1. The van der Waals surface area contributed by atoms with E-state index >= 15 is 0 Å². The van der Waals surface area contributed by atoms with Gasteiger partial charge in [-0.15, -0.1) is 11.3 Å². The summed E-state index contributed by atoms with van der Waals surface area (Å²) in [6.45, 7) is 7.53. The van der Waals surface area contributed by atoms with E-state index in [0.29, 0.717) is 5.92 Å². The van der Waals surface area contributed by atoms with Gasteiger partial charge in [-0.2, -0.15) is 5.10 Å². The van der Waals surface area contributed by atoms with Crippen LogP contribution in [0.4, 0.5) is 0 Å². The van der Waals surface area contributed by atoms with Crippen LogP contribution in [0.15, 0.2) is 18.6 Å². The van der Waals surface area contributed by atoms with Crippen molar-refractivity contribution in [2.75, 3.05) is 13.1 Å². The van der Waals surface area contributed by atoms with E-state index in [-0.39, 0.29) is 0 Å². The minimum absolute atomic E-state index is 0.598. The average Bonchev–Trinajstić information content (AvgIpc) is 3.19. The van der Waals surface area contributed by atoms with Gasteiger partial charge in [-0.05, 0) is 44.7 Å². The molecule has 0 saturated carbocycles. The molecule has 3 aromatic heterocycles. The first-order valence-corrected chi connectivity index (χ1v) is 8.67. The molecule has 6 heteroatoms. The number of piperidine rings is 1. The number of likely N-dealkylation sites (tertiary alicyclic amines) is 1. The lowest BCUT2D eigenvalue weighted by Crippen LogP contribution is -2.34. The second kappa shape index (κ2) is 5.52. The first-order chi connectivity index (χ1) is 10.7. The molecule has 1 unspecified atom stereocenters. The van der Waals surface area contributed by atoms with Gasteiger partial charge in [0.25, 0.3) is 0 Å². The second-order valence-electron chi connectivity index (χ2n) is 6.24. The number of aromatic nitrogens is 4. The van der Waals surface area contributed by atoms with Crippen LogP contribution in [-0.2, 0) is 6.54 Å². The van der Waals surface area contributed by atoms with E-state index in [1.807, 2.05) is 12.4 Å². The lowest BCUT2D eigenvalue weighted by molar-refractivity contribution is 0.197. The maximum Gasteiger partial charge on any atom is 0.194 e. The smallest absolute Gasteiger partial charge is 0.194 e. The van der Waals surface area contributed by atoms with Crippen LogP contribution in [0.25, 0.3) is 4.96 Å². The fraction of sp³-hybridized carbons (Fsp3) is 0.500. The summed E-state index contributed by atoms with van der Waals surface area (Å²) in [5.41, 5.74) is 3.84. The maximum atomic E-state index is 4.71. The Morgan fingerprint density at radius 2 is 2.32 bits per heavy atom. The van der Waals surface area contributed by atoms with Crippen LogP contribution in [0.2, 0.25) is 0 Å². The minimum atomic E-state index is 0.598. The van der Waals surface area contributed by atoms with Gasteiger partial charge >= 0.3 is 0 Å². The molecule has 0 spiro atoms. The van der Waals surface area contributed by atoms with E-state index in [9.17, 15) is 0 Å². The van der Waals surface area contributed by atoms with Crippen molar-refractivity contribution < 1.29 is 0 Å². The largest absolute Gasteiger partial charge is 0.297 e. The van der Waals surface area contributed by atoms with E-state index in [0.717, 1.165) is 23.7 Å². The third-order valence-electron chi connectivity index (χ3n) is 4.61. The van der Waals surface area contributed by atoms with Crippen molar-refractivity contribution in [1.29, 1.82) is 0 Å². The molecule has 3 aromatic rings. The molecule has 0 bridgehead atoms. The number of aryl methyl sites for hydroxylation is 2.